The summed E-state index contributed by atoms with van der Waals surface area (Å²) in [7, 11) is -3.86. The zero-order valence-corrected chi connectivity index (χ0v) is 13.0. The van der Waals surface area contributed by atoms with E-state index in [4.69, 9.17) is 11.6 Å². The van der Waals surface area contributed by atoms with Crippen LogP contribution in [0.25, 0.3) is 0 Å². The topological polar surface area (TPSA) is 66.4 Å². The van der Waals surface area contributed by atoms with Gasteiger partial charge in [-0.3, -0.25) is 0 Å². The van der Waals surface area contributed by atoms with Crippen molar-refractivity contribution in [2.24, 2.45) is 5.92 Å². The van der Waals surface area contributed by atoms with Gasteiger partial charge >= 0.3 is 0 Å². The first-order valence-corrected chi connectivity index (χ1v) is 8.30. The van der Waals surface area contributed by atoms with Crippen molar-refractivity contribution in [1.82, 2.24) is 4.72 Å². The molecule has 0 bridgehead atoms. The molecule has 7 heteroatoms. The van der Waals surface area contributed by atoms with Crippen molar-refractivity contribution in [1.29, 1.82) is 0 Å². The molecule has 0 aliphatic heterocycles. The molecule has 0 aliphatic rings. The van der Waals surface area contributed by atoms with Crippen LogP contribution in [0.3, 0.4) is 0 Å². The van der Waals surface area contributed by atoms with Crippen molar-refractivity contribution >= 4 is 21.6 Å². The number of rotatable bonds is 7. The molecule has 0 spiro atoms. The molecule has 0 aromatic heterocycles. The molecule has 0 fully saturated rings. The highest BCUT2D eigenvalue weighted by molar-refractivity contribution is 7.89. The molecule has 0 saturated heterocycles. The minimum Gasteiger partial charge on any atom is -0.391 e. The predicted octanol–water partition coefficient (Wildman–Crippen LogP) is 2.55. The third-order valence-corrected chi connectivity index (χ3v) is 5.17. The lowest BCUT2D eigenvalue weighted by molar-refractivity contribution is 0.107. The molecule has 0 radical (unpaired) electrons. The number of sulfonamides is 1. The van der Waals surface area contributed by atoms with Gasteiger partial charge in [-0.2, -0.15) is 0 Å². The molecule has 114 valence electrons. The molecule has 0 amide bonds. The van der Waals surface area contributed by atoms with Gasteiger partial charge in [0.25, 0.3) is 0 Å². The maximum atomic E-state index is 12.9. The van der Waals surface area contributed by atoms with Crippen LogP contribution in [0.1, 0.15) is 26.7 Å². The highest BCUT2D eigenvalue weighted by Gasteiger charge is 2.22. The molecule has 1 rings (SSSR count). The van der Waals surface area contributed by atoms with E-state index in [0.29, 0.717) is 0 Å². The van der Waals surface area contributed by atoms with Crippen molar-refractivity contribution in [2.75, 3.05) is 6.54 Å². The van der Waals surface area contributed by atoms with Gasteiger partial charge in [0, 0.05) is 6.54 Å². The maximum absolute atomic E-state index is 12.9. The molecular formula is C13H19ClFNO3S. The Hall–Kier alpha value is -0.690. The van der Waals surface area contributed by atoms with Gasteiger partial charge in [-0.25, -0.2) is 17.5 Å². The lowest BCUT2D eigenvalue weighted by Crippen LogP contribution is -2.36. The SMILES string of the molecule is CCC(CC)C(O)CNS(=O)(=O)c1ccc(F)cc1Cl. The van der Waals surface area contributed by atoms with E-state index in [0.717, 1.165) is 31.0 Å². The van der Waals surface area contributed by atoms with E-state index in [1.807, 2.05) is 13.8 Å². The van der Waals surface area contributed by atoms with Crippen LogP contribution in [0.2, 0.25) is 5.02 Å². The Kier molecular flexibility index (Phi) is 6.39. The molecule has 0 heterocycles. The van der Waals surface area contributed by atoms with Crippen LogP contribution >= 0.6 is 11.6 Å². The molecular weight excluding hydrogens is 305 g/mol. The Labute approximate surface area is 124 Å². The van der Waals surface area contributed by atoms with Gasteiger partial charge in [-0.1, -0.05) is 38.3 Å². The highest BCUT2D eigenvalue weighted by Crippen LogP contribution is 2.22. The standard InChI is InChI=1S/C13H19ClFNO3S/c1-3-9(4-2)12(17)8-16-20(18,19)13-6-5-10(15)7-11(13)14/h5-7,9,12,16-17H,3-4,8H2,1-2H3. The zero-order valence-electron chi connectivity index (χ0n) is 11.4. The van der Waals surface area contributed by atoms with Crippen LogP contribution in [0.4, 0.5) is 4.39 Å². The summed E-state index contributed by atoms with van der Waals surface area (Å²) in [6, 6.07) is 3.06. The van der Waals surface area contributed by atoms with Crippen molar-refractivity contribution in [3.63, 3.8) is 0 Å². The lowest BCUT2D eigenvalue weighted by atomic mass is 9.97. The Bertz CT molecular complexity index is 547. The molecule has 4 nitrogen and oxygen atoms in total. The third kappa shape index (κ3) is 4.41. The number of hydrogen-bond donors (Lipinski definition) is 2. The Balaban J connectivity index is 2.80. The average molecular weight is 324 g/mol. The second kappa shape index (κ2) is 7.36. The second-order valence-corrected chi connectivity index (χ2v) is 6.71. The number of halogens is 2. The van der Waals surface area contributed by atoms with Crippen molar-refractivity contribution in [3.05, 3.63) is 29.0 Å². The molecule has 2 N–H and O–H groups in total. The Morgan fingerprint density at radius 2 is 1.95 bits per heavy atom. The molecule has 1 unspecified atom stereocenters. The first-order valence-electron chi connectivity index (χ1n) is 6.44. The van der Waals surface area contributed by atoms with Gasteiger partial charge in [0.1, 0.15) is 10.7 Å². The number of hydrogen-bond acceptors (Lipinski definition) is 3. The number of nitrogens with one attached hydrogen (secondary N) is 1. The van der Waals surface area contributed by atoms with Crippen molar-refractivity contribution in [3.8, 4) is 0 Å². The Morgan fingerprint density at radius 1 is 1.35 bits per heavy atom. The van der Waals surface area contributed by atoms with Gasteiger partial charge in [0.05, 0.1) is 11.1 Å². The normalized spacial score (nSPS) is 13.7. The van der Waals surface area contributed by atoms with E-state index in [1.165, 1.54) is 0 Å². The van der Waals surface area contributed by atoms with Gasteiger partial charge in [0.2, 0.25) is 10.0 Å². The van der Waals surface area contributed by atoms with Crippen molar-refractivity contribution < 1.29 is 17.9 Å². The summed E-state index contributed by atoms with van der Waals surface area (Å²) >= 11 is 5.72. The van der Waals surface area contributed by atoms with E-state index in [9.17, 15) is 17.9 Å². The summed E-state index contributed by atoms with van der Waals surface area (Å²) in [5, 5.41) is 9.73. The highest BCUT2D eigenvalue weighted by atomic mass is 35.5. The molecule has 0 aliphatic carbocycles. The minimum atomic E-state index is -3.86. The zero-order chi connectivity index (χ0) is 15.3. The maximum Gasteiger partial charge on any atom is 0.242 e. The summed E-state index contributed by atoms with van der Waals surface area (Å²) in [6.45, 7) is 3.77. The summed E-state index contributed by atoms with van der Waals surface area (Å²) in [4.78, 5) is -0.197. The van der Waals surface area contributed by atoms with E-state index in [2.05, 4.69) is 4.72 Å². The van der Waals surface area contributed by atoms with E-state index in [1.54, 1.807) is 0 Å². The fourth-order valence-electron chi connectivity index (χ4n) is 1.97. The van der Waals surface area contributed by atoms with E-state index >= 15 is 0 Å². The van der Waals surface area contributed by atoms with E-state index in [-0.39, 0.29) is 22.4 Å². The van der Waals surface area contributed by atoms with Gasteiger partial charge in [-0.15, -0.1) is 0 Å². The van der Waals surface area contributed by atoms with Crippen LogP contribution < -0.4 is 4.72 Å². The largest absolute Gasteiger partial charge is 0.391 e. The molecule has 1 aromatic rings. The van der Waals surface area contributed by atoms with Crippen LogP contribution in [0, 0.1) is 11.7 Å². The van der Waals surface area contributed by atoms with Crippen LogP contribution in [-0.4, -0.2) is 26.2 Å². The van der Waals surface area contributed by atoms with Crippen molar-refractivity contribution in [2.45, 2.75) is 37.7 Å². The fraction of sp³-hybridized carbons (Fsp3) is 0.538. The number of aliphatic hydroxyl groups excluding tert-OH is 1. The Morgan fingerprint density at radius 3 is 2.45 bits per heavy atom. The monoisotopic (exact) mass is 323 g/mol. The summed E-state index contributed by atoms with van der Waals surface area (Å²) in [5.74, 6) is -0.576. The first-order chi connectivity index (χ1) is 9.31. The van der Waals surface area contributed by atoms with Crippen LogP contribution in [0.15, 0.2) is 23.1 Å². The molecule has 0 saturated carbocycles. The fourth-order valence-corrected chi connectivity index (χ4v) is 3.55. The molecule has 1 atom stereocenters. The third-order valence-electron chi connectivity index (χ3n) is 3.26. The van der Waals surface area contributed by atoms with E-state index < -0.39 is 21.9 Å². The predicted molar refractivity (Wildman–Crippen MR) is 76.7 cm³/mol. The van der Waals surface area contributed by atoms with Gasteiger partial charge in [0.15, 0.2) is 0 Å². The molecule has 1 aromatic carbocycles. The van der Waals surface area contributed by atoms with Crippen LogP contribution in [0.5, 0.6) is 0 Å². The number of aliphatic hydroxyl groups is 1. The molecule has 20 heavy (non-hydrogen) atoms. The van der Waals surface area contributed by atoms with Gasteiger partial charge in [-0.05, 0) is 24.1 Å². The lowest BCUT2D eigenvalue weighted by Gasteiger charge is -2.20. The summed E-state index contributed by atoms with van der Waals surface area (Å²) in [5.41, 5.74) is 0. The average Bonchev–Trinajstić information content (AvgIpc) is 2.37. The minimum absolute atomic E-state index is 0.0291. The summed E-state index contributed by atoms with van der Waals surface area (Å²) < 4.78 is 39.3. The smallest absolute Gasteiger partial charge is 0.242 e. The van der Waals surface area contributed by atoms with Crippen LogP contribution in [-0.2, 0) is 10.0 Å². The number of benzene rings is 1. The quantitative estimate of drug-likeness (QED) is 0.810. The summed E-state index contributed by atoms with van der Waals surface area (Å²) in [6.07, 6.45) is 0.756. The second-order valence-electron chi connectivity index (χ2n) is 4.57. The first kappa shape index (κ1) is 17.4. The van der Waals surface area contributed by atoms with Gasteiger partial charge < -0.3 is 5.11 Å².